The van der Waals surface area contributed by atoms with Gasteiger partial charge >= 0.3 is 6.18 Å². The third kappa shape index (κ3) is 8.64. The molecule has 1 amide bonds. The van der Waals surface area contributed by atoms with Crippen molar-refractivity contribution in [2.75, 3.05) is 0 Å². The molecule has 0 radical (unpaired) electrons. The van der Waals surface area contributed by atoms with Gasteiger partial charge in [-0.15, -0.1) is 0 Å². The fourth-order valence-electron chi connectivity index (χ4n) is 5.08. The Morgan fingerprint density at radius 2 is 1.75 bits per heavy atom. The maximum atomic E-state index is 13.4. The van der Waals surface area contributed by atoms with Crippen LogP contribution in [-0.2, 0) is 34.0 Å². The number of nitro benzene ring substituents is 1. The van der Waals surface area contributed by atoms with Gasteiger partial charge in [0.2, 0.25) is 15.9 Å². The van der Waals surface area contributed by atoms with Gasteiger partial charge in [0.05, 0.1) is 27.5 Å². The summed E-state index contributed by atoms with van der Waals surface area (Å²) in [6.07, 6.45) is -2.79. The van der Waals surface area contributed by atoms with Crippen molar-refractivity contribution in [3.63, 3.8) is 0 Å². The highest BCUT2D eigenvalue weighted by atomic mass is 32.2. The summed E-state index contributed by atoms with van der Waals surface area (Å²) in [6, 6.07) is 12.8. The van der Waals surface area contributed by atoms with E-state index in [9.17, 15) is 36.5 Å². The summed E-state index contributed by atoms with van der Waals surface area (Å²) in [7, 11) is -4.53. The van der Waals surface area contributed by atoms with Crippen LogP contribution in [0.15, 0.2) is 71.6 Å². The average molecular weight is 633 g/mol. The van der Waals surface area contributed by atoms with Gasteiger partial charge in [0.15, 0.2) is 0 Å². The summed E-state index contributed by atoms with van der Waals surface area (Å²) >= 11 is 0. The smallest absolute Gasteiger partial charge is 0.349 e. The quantitative estimate of drug-likeness (QED) is 0.183. The minimum Gasteiger partial charge on any atom is -0.349 e. The second kappa shape index (κ2) is 13.0. The molecule has 3 aromatic rings. The molecule has 2 atom stereocenters. The Kier molecular flexibility index (Phi) is 9.81. The minimum atomic E-state index is -4.76. The summed E-state index contributed by atoms with van der Waals surface area (Å²) in [5, 5.41) is 17.6. The number of hydrogen-bond donors (Lipinski definition) is 3. The van der Waals surface area contributed by atoms with Gasteiger partial charge in [0, 0.05) is 30.6 Å². The van der Waals surface area contributed by atoms with Crippen LogP contribution in [0.1, 0.15) is 79.9 Å². The Morgan fingerprint density at radius 1 is 1.05 bits per heavy atom. The lowest BCUT2D eigenvalue weighted by Crippen LogP contribution is -2.36. The number of aryl methyl sites for hydroxylation is 1. The number of nitro groups is 1. The van der Waals surface area contributed by atoms with Gasteiger partial charge < -0.3 is 10.6 Å². The average Bonchev–Trinajstić information content (AvgIpc) is 2.95. The van der Waals surface area contributed by atoms with E-state index in [4.69, 9.17) is 0 Å². The highest BCUT2D eigenvalue weighted by molar-refractivity contribution is 7.89. The summed E-state index contributed by atoms with van der Waals surface area (Å²) < 4.78 is 68.6. The van der Waals surface area contributed by atoms with Crippen molar-refractivity contribution in [3.8, 4) is 0 Å². The normalized spacial score (nSPS) is 16.2. The van der Waals surface area contributed by atoms with Crippen LogP contribution in [0.2, 0.25) is 0 Å². The molecule has 2 unspecified atom stereocenters. The molecule has 0 fully saturated rings. The molecule has 236 valence electrons. The Balaban J connectivity index is 1.56. The van der Waals surface area contributed by atoms with Crippen LogP contribution in [0.3, 0.4) is 0 Å². The van der Waals surface area contributed by atoms with Crippen LogP contribution in [0.5, 0.6) is 0 Å². The number of hydrogen-bond acceptors (Lipinski definition) is 6. The number of rotatable bonds is 10. The van der Waals surface area contributed by atoms with Gasteiger partial charge in [-0.05, 0) is 80.5 Å². The number of nitrogens with zero attached hydrogens (tertiary/aromatic N) is 1. The lowest BCUT2D eigenvalue weighted by molar-refractivity contribution is -0.384. The fraction of sp³-hybridized carbons (Fsp3) is 0.387. The number of amides is 1. The van der Waals surface area contributed by atoms with E-state index in [1.54, 1.807) is 0 Å². The van der Waals surface area contributed by atoms with E-state index in [2.05, 4.69) is 42.2 Å². The number of non-ortho nitro benzene ring substituents is 1. The summed E-state index contributed by atoms with van der Waals surface area (Å²) in [4.78, 5) is 23.3. The largest absolute Gasteiger partial charge is 0.416 e. The molecular formula is C31H35F3N4O5S. The highest BCUT2D eigenvalue weighted by Gasteiger charge is 2.33. The van der Waals surface area contributed by atoms with Crippen LogP contribution >= 0.6 is 0 Å². The van der Waals surface area contributed by atoms with Crippen LogP contribution in [0.25, 0.3) is 0 Å². The molecule has 3 aromatic carbocycles. The Bertz CT molecular complexity index is 1620. The van der Waals surface area contributed by atoms with Crippen LogP contribution < -0.4 is 15.4 Å². The minimum absolute atomic E-state index is 0.0464. The zero-order valence-electron chi connectivity index (χ0n) is 24.6. The number of alkyl halides is 3. The third-order valence-corrected chi connectivity index (χ3v) is 8.81. The highest BCUT2D eigenvalue weighted by Crippen LogP contribution is 2.33. The van der Waals surface area contributed by atoms with E-state index in [-0.39, 0.29) is 22.8 Å². The molecule has 13 heteroatoms. The van der Waals surface area contributed by atoms with Crippen molar-refractivity contribution in [2.45, 2.75) is 81.7 Å². The van der Waals surface area contributed by atoms with Crippen molar-refractivity contribution < 1.29 is 31.3 Å². The van der Waals surface area contributed by atoms with Gasteiger partial charge in [0.25, 0.3) is 5.69 Å². The van der Waals surface area contributed by atoms with Crippen molar-refractivity contribution in [2.24, 2.45) is 0 Å². The molecule has 0 aliphatic heterocycles. The summed E-state index contributed by atoms with van der Waals surface area (Å²) in [5.74, 6) is -0.489. The topological polar surface area (TPSA) is 130 Å². The fourth-order valence-corrected chi connectivity index (χ4v) is 6.35. The SMILES string of the molecule is CC(C)(C)NCc1ccc2c(c1)CCCC2NC(=O)CC(NS(=O)(=O)c1cccc(C(F)(F)F)c1)c1ccc([N+](=O)[O-])cc1. The van der Waals surface area contributed by atoms with Crippen molar-refractivity contribution in [1.82, 2.24) is 15.4 Å². The van der Waals surface area contributed by atoms with Crippen LogP contribution in [0, 0.1) is 10.1 Å². The number of carbonyl (C=O) groups is 1. The first-order valence-corrected chi connectivity index (χ1v) is 15.6. The molecule has 0 saturated heterocycles. The zero-order valence-corrected chi connectivity index (χ0v) is 25.4. The number of fused-ring (bicyclic) bond motifs is 1. The van der Waals surface area contributed by atoms with Crippen LogP contribution in [0.4, 0.5) is 18.9 Å². The van der Waals surface area contributed by atoms with E-state index in [1.807, 2.05) is 12.1 Å². The maximum absolute atomic E-state index is 13.4. The molecule has 3 N–H and O–H groups in total. The van der Waals surface area contributed by atoms with Crippen molar-refractivity contribution in [3.05, 3.63) is 105 Å². The van der Waals surface area contributed by atoms with E-state index in [0.29, 0.717) is 19.0 Å². The molecular weight excluding hydrogens is 597 g/mol. The molecule has 0 bridgehead atoms. The first-order chi connectivity index (χ1) is 20.5. The lowest BCUT2D eigenvalue weighted by Gasteiger charge is -2.28. The van der Waals surface area contributed by atoms with Gasteiger partial charge in [-0.2, -0.15) is 13.2 Å². The van der Waals surface area contributed by atoms with Gasteiger partial charge in [-0.25, -0.2) is 13.1 Å². The predicted octanol–water partition coefficient (Wildman–Crippen LogP) is 6.11. The molecule has 44 heavy (non-hydrogen) atoms. The lowest BCUT2D eigenvalue weighted by atomic mass is 9.86. The second-order valence-electron chi connectivity index (χ2n) is 11.9. The number of nitrogens with one attached hydrogen (secondary N) is 3. The zero-order chi connectivity index (χ0) is 32.3. The molecule has 0 heterocycles. The standard InChI is InChI=1S/C31H35F3N4O5S/c1-30(2,3)35-19-20-10-15-26-22(16-20)6-4-9-27(26)36-29(39)18-28(21-11-13-24(14-12-21)38(40)41)37-44(42,43)25-8-5-7-23(17-25)31(32,33)34/h5,7-8,10-17,27-28,35,37H,4,6,9,18-19H2,1-3H3,(H,36,39). The maximum Gasteiger partial charge on any atom is 0.416 e. The van der Waals surface area contributed by atoms with E-state index < -0.39 is 50.0 Å². The Morgan fingerprint density at radius 3 is 2.39 bits per heavy atom. The van der Waals surface area contributed by atoms with Gasteiger partial charge in [-0.1, -0.05) is 36.4 Å². The first kappa shape index (κ1) is 33.1. The molecule has 9 nitrogen and oxygen atoms in total. The van der Waals surface area contributed by atoms with Crippen molar-refractivity contribution in [1.29, 1.82) is 0 Å². The Hall–Kier alpha value is -3.81. The molecule has 0 saturated carbocycles. The van der Waals surface area contributed by atoms with Gasteiger partial charge in [0.1, 0.15) is 0 Å². The van der Waals surface area contributed by atoms with E-state index >= 15 is 0 Å². The number of carbonyl (C=O) groups excluding carboxylic acids is 1. The molecule has 0 spiro atoms. The van der Waals surface area contributed by atoms with Crippen LogP contribution in [-0.4, -0.2) is 24.8 Å². The number of halogens is 3. The molecule has 1 aliphatic rings. The van der Waals surface area contributed by atoms with E-state index in [1.165, 1.54) is 24.3 Å². The molecule has 1 aliphatic carbocycles. The summed E-state index contributed by atoms with van der Waals surface area (Å²) in [6.45, 7) is 6.94. The second-order valence-corrected chi connectivity index (χ2v) is 13.6. The van der Waals surface area contributed by atoms with E-state index in [0.717, 1.165) is 47.7 Å². The predicted molar refractivity (Wildman–Crippen MR) is 159 cm³/mol. The third-order valence-electron chi connectivity index (χ3n) is 7.34. The molecule has 4 rings (SSSR count). The number of benzene rings is 3. The summed E-state index contributed by atoms with van der Waals surface area (Å²) in [5.41, 5.74) is 2.02. The molecule has 0 aromatic heterocycles. The monoisotopic (exact) mass is 632 g/mol. The number of sulfonamides is 1. The Labute approximate surface area is 254 Å². The first-order valence-electron chi connectivity index (χ1n) is 14.1. The van der Waals surface area contributed by atoms with Gasteiger partial charge in [-0.3, -0.25) is 14.9 Å². The van der Waals surface area contributed by atoms with Crippen molar-refractivity contribution >= 4 is 21.6 Å².